The van der Waals surface area contributed by atoms with Crippen LogP contribution in [0.25, 0.3) is 11.0 Å². The molecule has 3 N–H and O–H groups in total. The summed E-state index contributed by atoms with van der Waals surface area (Å²) in [5.41, 5.74) is 0.694. The van der Waals surface area contributed by atoms with Crippen LogP contribution < -0.4 is 20.9 Å². The monoisotopic (exact) mass is 516 g/mol. The lowest BCUT2D eigenvalue weighted by Crippen LogP contribution is -2.63. The van der Waals surface area contributed by atoms with Gasteiger partial charge in [0, 0.05) is 24.7 Å². The van der Waals surface area contributed by atoms with Gasteiger partial charge in [-0.3, -0.25) is 19.2 Å². The topological polar surface area (TPSA) is 121 Å². The number of hydrogen-bond acceptors (Lipinski definition) is 6. The molecular weight excluding hydrogens is 484 g/mol. The normalized spacial score (nSPS) is 19.1. The van der Waals surface area contributed by atoms with Gasteiger partial charge in [-0.2, -0.15) is 0 Å². The second kappa shape index (κ2) is 10.7. The summed E-state index contributed by atoms with van der Waals surface area (Å²) in [5, 5.41) is 9.36. The van der Waals surface area contributed by atoms with E-state index in [1.165, 1.54) is 0 Å². The minimum Gasteiger partial charge on any atom is -0.451 e. The van der Waals surface area contributed by atoms with Gasteiger partial charge in [-0.1, -0.05) is 49.6 Å². The summed E-state index contributed by atoms with van der Waals surface area (Å²) in [6.45, 7) is 0.584. The molecule has 1 saturated heterocycles. The van der Waals surface area contributed by atoms with Crippen LogP contribution in [-0.2, 0) is 9.59 Å². The van der Waals surface area contributed by atoms with Gasteiger partial charge in [0.05, 0.1) is 18.2 Å². The first-order valence-electron chi connectivity index (χ1n) is 13.1. The SMILES string of the molecule is CNC(=O)c1ccccc1N1CCC(NC(=O)C2(NC(=O)c3cc4ccccc4o3)CCCCC2)C(=O)C1. The van der Waals surface area contributed by atoms with Crippen LogP contribution in [0.2, 0.25) is 0 Å². The van der Waals surface area contributed by atoms with Crippen LogP contribution in [0.1, 0.15) is 59.4 Å². The molecule has 0 bridgehead atoms. The van der Waals surface area contributed by atoms with Gasteiger partial charge in [0.2, 0.25) is 5.91 Å². The van der Waals surface area contributed by atoms with Crippen molar-refractivity contribution in [3.8, 4) is 0 Å². The number of amides is 3. The van der Waals surface area contributed by atoms with Crippen molar-refractivity contribution in [1.29, 1.82) is 0 Å². The summed E-state index contributed by atoms with van der Waals surface area (Å²) in [6.07, 6.45) is 3.99. The summed E-state index contributed by atoms with van der Waals surface area (Å²) >= 11 is 0. The van der Waals surface area contributed by atoms with Gasteiger partial charge in [0.25, 0.3) is 11.8 Å². The van der Waals surface area contributed by atoms with Gasteiger partial charge in [-0.05, 0) is 43.5 Å². The summed E-state index contributed by atoms with van der Waals surface area (Å²) in [5.74, 6) is -0.971. The number of para-hydroxylation sites is 2. The molecule has 198 valence electrons. The zero-order valence-corrected chi connectivity index (χ0v) is 21.4. The molecule has 2 fully saturated rings. The highest BCUT2D eigenvalue weighted by molar-refractivity contribution is 6.03. The summed E-state index contributed by atoms with van der Waals surface area (Å²) in [7, 11) is 1.57. The maximum Gasteiger partial charge on any atom is 0.287 e. The number of fused-ring (bicyclic) bond motifs is 1. The molecule has 9 nitrogen and oxygen atoms in total. The molecule has 2 aromatic carbocycles. The molecule has 2 aliphatic rings. The number of carbonyl (C=O) groups excluding carboxylic acids is 4. The fourth-order valence-corrected chi connectivity index (χ4v) is 5.49. The van der Waals surface area contributed by atoms with Crippen LogP contribution in [0.3, 0.4) is 0 Å². The van der Waals surface area contributed by atoms with Crippen LogP contribution in [-0.4, -0.2) is 55.2 Å². The predicted molar refractivity (Wildman–Crippen MR) is 143 cm³/mol. The van der Waals surface area contributed by atoms with Crippen molar-refractivity contribution in [3.05, 3.63) is 65.9 Å². The highest BCUT2D eigenvalue weighted by Gasteiger charge is 2.43. The Hall–Kier alpha value is -4.14. The number of ketones is 1. The summed E-state index contributed by atoms with van der Waals surface area (Å²) in [6, 6.07) is 15.5. The Morgan fingerprint density at radius 3 is 2.45 bits per heavy atom. The third kappa shape index (κ3) is 5.01. The van der Waals surface area contributed by atoms with E-state index in [0.29, 0.717) is 42.6 Å². The second-order valence-electron chi connectivity index (χ2n) is 10.0. The Kier molecular flexibility index (Phi) is 7.18. The average Bonchev–Trinajstić information content (AvgIpc) is 3.39. The Balaban J connectivity index is 1.28. The van der Waals surface area contributed by atoms with E-state index in [4.69, 9.17) is 4.42 Å². The van der Waals surface area contributed by atoms with Crippen molar-refractivity contribution in [2.24, 2.45) is 0 Å². The molecule has 1 aliphatic carbocycles. The molecule has 5 rings (SSSR count). The highest BCUT2D eigenvalue weighted by Crippen LogP contribution is 2.30. The van der Waals surface area contributed by atoms with Crippen molar-refractivity contribution in [2.45, 2.75) is 50.1 Å². The lowest BCUT2D eigenvalue weighted by molar-refractivity contribution is -0.133. The number of furan rings is 1. The van der Waals surface area contributed by atoms with Gasteiger partial charge in [-0.15, -0.1) is 0 Å². The van der Waals surface area contributed by atoms with Crippen molar-refractivity contribution >= 4 is 40.2 Å². The van der Waals surface area contributed by atoms with Crippen molar-refractivity contribution in [3.63, 3.8) is 0 Å². The zero-order valence-electron chi connectivity index (χ0n) is 21.4. The smallest absolute Gasteiger partial charge is 0.287 e. The molecule has 0 radical (unpaired) electrons. The van der Waals surface area contributed by atoms with Crippen molar-refractivity contribution in [1.82, 2.24) is 16.0 Å². The molecule has 9 heteroatoms. The van der Waals surface area contributed by atoms with E-state index in [2.05, 4.69) is 16.0 Å². The van der Waals surface area contributed by atoms with Crippen LogP contribution >= 0.6 is 0 Å². The summed E-state index contributed by atoms with van der Waals surface area (Å²) < 4.78 is 5.72. The molecular formula is C29H32N4O5. The van der Waals surface area contributed by atoms with Crippen LogP contribution in [0.15, 0.2) is 59.0 Å². The molecule has 3 aromatic rings. The van der Waals surface area contributed by atoms with E-state index < -0.39 is 17.5 Å². The zero-order chi connectivity index (χ0) is 26.7. The number of nitrogens with one attached hydrogen (secondary N) is 3. The quantitative estimate of drug-likeness (QED) is 0.463. The van der Waals surface area contributed by atoms with Gasteiger partial charge in [0.15, 0.2) is 11.5 Å². The van der Waals surface area contributed by atoms with E-state index in [0.717, 1.165) is 24.6 Å². The van der Waals surface area contributed by atoms with Crippen LogP contribution in [0.4, 0.5) is 5.69 Å². The summed E-state index contributed by atoms with van der Waals surface area (Å²) in [4.78, 5) is 54.1. The van der Waals surface area contributed by atoms with Crippen LogP contribution in [0.5, 0.6) is 0 Å². The van der Waals surface area contributed by atoms with E-state index in [1.807, 2.05) is 35.2 Å². The van der Waals surface area contributed by atoms with E-state index >= 15 is 0 Å². The standard InChI is InChI=1S/C29H32N4O5/c1-30-26(35)20-10-4-5-11-22(20)33-16-13-21(23(34)18-33)31-28(37)29(14-7-2-8-15-29)32-27(36)25-17-19-9-3-6-12-24(19)38-25/h3-6,9-12,17,21H,2,7-8,13-16,18H2,1H3,(H,30,35)(H,31,37)(H,32,36). The van der Waals surface area contributed by atoms with Gasteiger partial charge < -0.3 is 25.3 Å². The Morgan fingerprint density at radius 2 is 1.71 bits per heavy atom. The lowest BCUT2D eigenvalue weighted by Gasteiger charge is -2.39. The Labute approximate surface area is 220 Å². The first kappa shape index (κ1) is 25.5. The van der Waals surface area contributed by atoms with E-state index in [-0.39, 0.29) is 29.9 Å². The Morgan fingerprint density at radius 1 is 0.974 bits per heavy atom. The number of nitrogens with zero attached hydrogens (tertiary/aromatic N) is 1. The number of anilines is 1. The molecule has 1 aliphatic heterocycles. The minimum atomic E-state index is -1.10. The number of Topliss-reactive ketones (excluding diaryl/α,β-unsaturated/α-hetero) is 1. The first-order valence-corrected chi connectivity index (χ1v) is 13.1. The number of piperidine rings is 1. The largest absolute Gasteiger partial charge is 0.451 e. The lowest BCUT2D eigenvalue weighted by atomic mass is 9.80. The molecule has 3 amide bonds. The van der Waals surface area contributed by atoms with Crippen molar-refractivity contribution < 1.29 is 23.6 Å². The van der Waals surface area contributed by atoms with Crippen LogP contribution in [0, 0.1) is 0 Å². The molecule has 1 unspecified atom stereocenters. The van der Waals surface area contributed by atoms with Gasteiger partial charge >= 0.3 is 0 Å². The molecule has 2 heterocycles. The van der Waals surface area contributed by atoms with Gasteiger partial charge in [-0.25, -0.2) is 0 Å². The minimum absolute atomic E-state index is 0.0807. The third-order valence-corrected chi connectivity index (χ3v) is 7.59. The molecule has 1 saturated carbocycles. The van der Waals surface area contributed by atoms with Gasteiger partial charge in [0.1, 0.15) is 11.1 Å². The second-order valence-corrected chi connectivity index (χ2v) is 10.0. The maximum absolute atomic E-state index is 13.6. The van der Waals surface area contributed by atoms with E-state index in [9.17, 15) is 19.2 Å². The molecule has 1 aromatic heterocycles. The van der Waals surface area contributed by atoms with E-state index in [1.54, 1.807) is 31.3 Å². The fourth-order valence-electron chi connectivity index (χ4n) is 5.49. The molecule has 1 atom stereocenters. The van der Waals surface area contributed by atoms with Crippen molar-refractivity contribution in [2.75, 3.05) is 25.0 Å². The fraction of sp³-hybridized carbons (Fsp3) is 0.379. The maximum atomic E-state index is 13.6. The highest BCUT2D eigenvalue weighted by atomic mass is 16.3. The molecule has 0 spiro atoms. The Bertz CT molecular complexity index is 1340. The number of rotatable bonds is 6. The molecule has 38 heavy (non-hydrogen) atoms. The average molecular weight is 517 g/mol. The third-order valence-electron chi connectivity index (χ3n) is 7.59. The first-order chi connectivity index (χ1) is 18.4. The predicted octanol–water partition coefficient (Wildman–Crippen LogP) is 3.19. The number of carbonyl (C=O) groups is 4. The number of hydrogen-bond donors (Lipinski definition) is 3. The number of benzene rings is 2.